The second-order valence-electron chi connectivity index (χ2n) is 5.56. The minimum atomic E-state index is -1.01. The van der Waals surface area contributed by atoms with Crippen molar-refractivity contribution in [3.63, 3.8) is 0 Å². The summed E-state index contributed by atoms with van der Waals surface area (Å²) in [7, 11) is 0. The molecule has 1 amide bonds. The van der Waals surface area contributed by atoms with Crippen LogP contribution in [0, 0.1) is 5.92 Å². The molecule has 2 atom stereocenters. The summed E-state index contributed by atoms with van der Waals surface area (Å²) in [6, 6.07) is -0.870. The molecule has 1 aromatic heterocycles. The molecule has 116 valence electrons. The number of aliphatic carboxylic acids is 1. The molecule has 0 bridgehead atoms. The molecule has 0 radical (unpaired) electrons. The van der Waals surface area contributed by atoms with E-state index < -0.39 is 12.0 Å². The maximum atomic E-state index is 12.1. The average molecular weight is 312 g/mol. The van der Waals surface area contributed by atoms with E-state index in [4.69, 9.17) is 9.84 Å². The Labute approximate surface area is 127 Å². The monoisotopic (exact) mass is 312 g/mol. The van der Waals surface area contributed by atoms with Crippen LogP contribution >= 0.6 is 11.3 Å². The smallest absolute Gasteiger partial charge is 0.326 e. The van der Waals surface area contributed by atoms with Gasteiger partial charge in [-0.1, -0.05) is 13.8 Å². The number of nitrogens with zero attached hydrogens (tertiary/aromatic N) is 1. The maximum Gasteiger partial charge on any atom is 0.326 e. The number of carbonyl (C=O) groups is 2. The lowest BCUT2D eigenvalue weighted by molar-refractivity contribution is -0.139. The minimum absolute atomic E-state index is 0.0255. The van der Waals surface area contributed by atoms with E-state index >= 15 is 0 Å². The Morgan fingerprint density at radius 1 is 1.57 bits per heavy atom. The van der Waals surface area contributed by atoms with Crippen LogP contribution in [0.5, 0.6) is 0 Å². The first-order chi connectivity index (χ1) is 9.97. The fourth-order valence-electron chi connectivity index (χ4n) is 2.24. The van der Waals surface area contributed by atoms with E-state index in [-0.39, 0.29) is 17.9 Å². The lowest BCUT2D eigenvalue weighted by Gasteiger charge is -2.15. The summed E-state index contributed by atoms with van der Waals surface area (Å²) in [4.78, 5) is 27.9. The van der Waals surface area contributed by atoms with Crippen molar-refractivity contribution < 1.29 is 19.4 Å². The Kier molecular flexibility index (Phi) is 5.30. The number of rotatable bonds is 6. The van der Waals surface area contributed by atoms with Crippen molar-refractivity contribution >= 4 is 23.2 Å². The van der Waals surface area contributed by atoms with Gasteiger partial charge in [0.25, 0.3) is 5.91 Å². The van der Waals surface area contributed by atoms with Gasteiger partial charge in [0.2, 0.25) is 0 Å². The molecule has 1 saturated heterocycles. The molecular weight excluding hydrogens is 292 g/mol. The fraction of sp³-hybridized carbons (Fsp3) is 0.643. The molecule has 1 aliphatic heterocycles. The van der Waals surface area contributed by atoms with Crippen LogP contribution in [0.25, 0.3) is 0 Å². The highest BCUT2D eigenvalue weighted by atomic mass is 32.1. The number of hydrogen-bond acceptors (Lipinski definition) is 5. The molecule has 2 rings (SSSR count). The van der Waals surface area contributed by atoms with E-state index in [1.807, 2.05) is 13.8 Å². The largest absolute Gasteiger partial charge is 0.480 e. The van der Waals surface area contributed by atoms with Gasteiger partial charge in [0.05, 0.1) is 6.20 Å². The third-order valence-electron chi connectivity index (χ3n) is 3.26. The van der Waals surface area contributed by atoms with Crippen molar-refractivity contribution in [3.05, 3.63) is 16.1 Å². The zero-order chi connectivity index (χ0) is 15.4. The van der Waals surface area contributed by atoms with Crippen LogP contribution in [0.4, 0.5) is 0 Å². The highest BCUT2D eigenvalue weighted by molar-refractivity contribution is 7.13. The highest BCUT2D eigenvalue weighted by Crippen LogP contribution is 2.31. The van der Waals surface area contributed by atoms with Gasteiger partial charge in [0.1, 0.15) is 22.0 Å². The number of thiazole rings is 1. The van der Waals surface area contributed by atoms with Crippen LogP contribution in [0.15, 0.2) is 6.20 Å². The number of carboxylic acids is 1. The lowest BCUT2D eigenvalue weighted by atomic mass is 10.0. The topological polar surface area (TPSA) is 88.5 Å². The molecular formula is C14H20N2O4S. The maximum absolute atomic E-state index is 12.1. The van der Waals surface area contributed by atoms with Crippen LogP contribution in [0.3, 0.4) is 0 Å². The normalized spacial score (nSPS) is 19.7. The number of aromatic nitrogens is 1. The molecule has 1 fully saturated rings. The van der Waals surface area contributed by atoms with Gasteiger partial charge in [-0.05, 0) is 25.2 Å². The molecule has 0 spiro atoms. The van der Waals surface area contributed by atoms with E-state index in [0.29, 0.717) is 11.3 Å². The average Bonchev–Trinajstić information content (AvgIpc) is 3.08. The summed E-state index contributed by atoms with van der Waals surface area (Å²) in [6.07, 6.45) is 3.78. The van der Waals surface area contributed by atoms with Crippen molar-refractivity contribution in [3.8, 4) is 0 Å². The fourth-order valence-corrected chi connectivity index (χ4v) is 3.14. The van der Waals surface area contributed by atoms with Gasteiger partial charge in [-0.2, -0.15) is 0 Å². The molecule has 0 aliphatic carbocycles. The summed E-state index contributed by atoms with van der Waals surface area (Å²) in [6.45, 7) is 4.57. The molecule has 0 aromatic carbocycles. The molecule has 21 heavy (non-hydrogen) atoms. The number of nitrogens with one attached hydrogen (secondary N) is 1. The van der Waals surface area contributed by atoms with E-state index in [1.165, 1.54) is 17.5 Å². The van der Waals surface area contributed by atoms with Gasteiger partial charge in [0.15, 0.2) is 0 Å². The summed E-state index contributed by atoms with van der Waals surface area (Å²) in [5.74, 6) is -1.21. The van der Waals surface area contributed by atoms with Crippen molar-refractivity contribution in [1.82, 2.24) is 10.3 Å². The van der Waals surface area contributed by atoms with Crippen molar-refractivity contribution in [2.75, 3.05) is 6.61 Å². The number of hydrogen-bond donors (Lipinski definition) is 2. The van der Waals surface area contributed by atoms with Crippen LogP contribution in [0.2, 0.25) is 0 Å². The summed E-state index contributed by atoms with van der Waals surface area (Å²) in [5, 5.41) is 12.5. The standard InChI is InChI=1S/C14H20N2O4S/c1-8(2)6-9(14(18)19)16-12(17)11-7-15-13(21-11)10-4-3-5-20-10/h7-10H,3-6H2,1-2H3,(H,16,17)(H,18,19)/t9-,10?/m1/s1. The Balaban J connectivity index is 2.00. The van der Waals surface area contributed by atoms with Crippen molar-refractivity contribution in [1.29, 1.82) is 0 Å². The Morgan fingerprint density at radius 3 is 2.90 bits per heavy atom. The van der Waals surface area contributed by atoms with Crippen LogP contribution in [-0.2, 0) is 9.53 Å². The summed E-state index contributed by atoms with van der Waals surface area (Å²) >= 11 is 1.27. The van der Waals surface area contributed by atoms with Gasteiger partial charge in [-0.15, -0.1) is 11.3 Å². The van der Waals surface area contributed by atoms with Crippen molar-refractivity contribution in [2.45, 2.75) is 45.3 Å². The molecule has 0 saturated carbocycles. The van der Waals surface area contributed by atoms with Crippen LogP contribution in [0.1, 0.15) is 53.9 Å². The molecule has 1 aliphatic rings. The van der Waals surface area contributed by atoms with Crippen LogP contribution in [-0.4, -0.2) is 34.6 Å². The van der Waals surface area contributed by atoms with E-state index in [9.17, 15) is 9.59 Å². The van der Waals surface area contributed by atoms with Gasteiger partial charge in [-0.25, -0.2) is 9.78 Å². The molecule has 7 heteroatoms. The van der Waals surface area contributed by atoms with E-state index in [2.05, 4.69) is 10.3 Å². The van der Waals surface area contributed by atoms with Gasteiger partial charge >= 0.3 is 5.97 Å². The first kappa shape index (κ1) is 15.9. The third-order valence-corrected chi connectivity index (χ3v) is 4.35. The van der Waals surface area contributed by atoms with E-state index in [0.717, 1.165) is 24.5 Å². The lowest BCUT2D eigenvalue weighted by Crippen LogP contribution is -2.41. The number of carbonyl (C=O) groups excluding carboxylic acids is 1. The Morgan fingerprint density at radius 2 is 2.33 bits per heavy atom. The minimum Gasteiger partial charge on any atom is -0.480 e. The van der Waals surface area contributed by atoms with Crippen molar-refractivity contribution in [2.24, 2.45) is 5.92 Å². The Hall–Kier alpha value is -1.47. The number of amides is 1. The summed E-state index contributed by atoms with van der Waals surface area (Å²) in [5.41, 5.74) is 0. The zero-order valence-corrected chi connectivity index (χ0v) is 13.0. The predicted molar refractivity (Wildman–Crippen MR) is 78.4 cm³/mol. The third kappa shape index (κ3) is 4.25. The second kappa shape index (κ2) is 7.00. The van der Waals surface area contributed by atoms with Gasteiger partial charge in [-0.3, -0.25) is 4.79 Å². The molecule has 1 aromatic rings. The van der Waals surface area contributed by atoms with Crippen LogP contribution < -0.4 is 5.32 Å². The molecule has 2 heterocycles. The molecule has 1 unspecified atom stereocenters. The number of carboxylic acid groups (broad SMARTS) is 1. The zero-order valence-electron chi connectivity index (χ0n) is 12.2. The number of ether oxygens (including phenoxy) is 1. The Bertz CT molecular complexity index is 509. The molecule has 6 nitrogen and oxygen atoms in total. The predicted octanol–water partition coefficient (Wildman–Crippen LogP) is 2.22. The van der Waals surface area contributed by atoms with E-state index in [1.54, 1.807) is 0 Å². The SMILES string of the molecule is CC(C)C[C@@H](NC(=O)c1cnc(C2CCCO2)s1)C(=O)O. The first-order valence-electron chi connectivity index (χ1n) is 7.08. The summed E-state index contributed by atoms with van der Waals surface area (Å²) < 4.78 is 5.53. The highest BCUT2D eigenvalue weighted by Gasteiger charge is 2.25. The quantitative estimate of drug-likeness (QED) is 0.841. The van der Waals surface area contributed by atoms with Gasteiger partial charge < -0.3 is 15.2 Å². The molecule has 2 N–H and O–H groups in total. The second-order valence-corrected chi connectivity index (χ2v) is 6.62. The first-order valence-corrected chi connectivity index (χ1v) is 7.90. The van der Waals surface area contributed by atoms with Gasteiger partial charge in [0, 0.05) is 6.61 Å².